The lowest BCUT2D eigenvalue weighted by atomic mass is 9.99. The number of carbonyl (C=O) groups is 5. The number of aliphatic carboxylic acids is 2. The van der Waals surface area contributed by atoms with Crippen molar-refractivity contribution in [3.63, 3.8) is 0 Å². The molecule has 0 radical (unpaired) electrons. The van der Waals surface area contributed by atoms with Crippen molar-refractivity contribution < 1.29 is 39.3 Å². The van der Waals surface area contributed by atoms with Crippen LogP contribution in [0, 0.1) is 5.92 Å². The van der Waals surface area contributed by atoms with Gasteiger partial charge in [-0.2, -0.15) is 0 Å². The SMILES string of the molecule is CC(C)[C@H](NC(=O)[C@@H](N)CCC(=O)O)C(=O)N[C@@H](Cc1ccc(O)cc1)C(=O)N[C@@H](CCCCN)C(=O)O. The molecule has 0 bridgehead atoms. The Morgan fingerprint density at radius 2 is 1.45 bits per heavy atom. The van der Waals surface area contributed by atoms with Crippen LogP contribution in [0.1, 0.15) is 51.5 Å². The van der Waals surface area contributed by atoms with Crippen molar-refractivity contribution in [2.24, 2.45) is 17.4 Å². The molecule has 38 heavy (non-hydrogen) atoms. The van der Waals surface area contributed by atoms with E-state index in [2.05, 4.69) is 16.0 Å². The maximum absolute atomic E-state index is 13.2. The van der Waals surface area contributed by atoms with E-state index in [1.54, 1.807) is 26.0 Å². The molecular weight excluding hydrogens is 498 g/mol. The number of amides is 3. The molecule has 0 saturated heterocycles. The van der Waals surface area contributed by atoms with E-state index in [1.165, 1.54) is 12.1 Å². The number of carboxylic acids is 2. The van der Waals surface area contributed by atoms with E-state index in [-0.39, 0.29) is 31.4 Å². The van der Waals surface area contributed by atoms with Gasteiger partial charge in [0.15, 0.2) is 0 Å². The Hall–Kier alpha value is -3.71. The molecule has 0 aliphatic carbocycles. The highest BCUT2D eigenvalue weighted by Gasteiger charge is 2.32. The van der Waals surface area contributed by atoms with Gasteiger partial charge in [-0.3, -0.25) is 19.2 Å². The second-order valence-electron chi connectivity index (χ2n) is 9.38. The summed E-state index contributed by atoms with van der Waals surface area (Å²) in [4.78, 5) is 61.3. The number of phenols is 1. The molecule has 0 saturated carbocycles. The minimum atomic E-state index is -1.23. The van der Waals surface area contributed by atoms with E-state index < -0.39 is 59.7 Å². The predicted molar refractivity (Wildman–Crippen MR) is 138 cm³/mol. The van der Waals surface area contributed by atoms with E-state index in [9.17, 15) is 34.2 Å². The minimum Gasteiger partial charge on any atom is -0.508 e. The second-order valence-corrected chi connectivity index (χ2v) is 9.38. The normalized spacial score (nSPS) is 14.1. The Morgan fingerprint density at radius 3 is 1.97 bits per heavy atom. The monoisotopic (exact) mass is 537 g/mol. The Balaban J connectivity index is 3.08. The number of unbranched alkanes of at least 4 members (excludes halogenated alkanes) is 1. The third kappa shape index (κ3) is 11.6. The van der Waals surface area contributed by atoms with Crippen LogP contribution in [-0.2, 0) is 30.4 Å². The number of rotatable bonds is 17. The minimum absolute atomic E-state index is 0.00598. The lowest BCUT2D eigenvalue weighted by molar-refractivity contribution is -0.142. The van der Waals surface area contributed by atoms with Gasteiger partial charge in [0.2, 0.25) is 17.7 Å². The molecule has 1 aromatic carbocycles. The summed E-state index contributed by atoms with van der Waals surface area (Å²) in [5.74, 6) is -4.92. The van der Waals surface area contributed by atoms with Gasteiger partial charge in [0.25, 0.3) is 0 Å². The van der Waals surface area contributed by atoms with Crippen LogP contribution in [0.4, 0.5) is 0 Å². The van der Waals surface area contributed by atoms with Gasteiger partial charge in [0, 0.05) is 12.8 Å². The zero-order valence-corrected chi connectivity index (χ0v) is 21.7. The van der Waals surface area contributed by atoms with Gasteiger partial charge in [-0.15, -0.1) is 0 Å². The van der Waals surface area contributed by atoms with Crippen LogP contribution >= 0.6 is 0 Å². The van der Waals surface area contributed by atoms with Crippen molar-refractivity contribution in [2.75, 3.05) is 6.54 Å². The van der Waals surface area contributed by atoms with Crippen molar-refractivity contribution in [2.45, 2.75) is 76.5 Å². The average molecular weight is 538 g/mol. The average Bonchev–Trinajstić information content (AvgIpc) is 2.85. The molecule has 4 atom stereocenters. The van der Waals surface area contributed by atoms with Crippen LogP contribution in [0.3, 0.4) is 0 Å². The Labute approximate surface area is 221 Å². The molecule has 0 unspecified atom stereocenters. The molecule has 0 spiro atoms. The van der Waals surface area contributed by atoms with Gasteiger partial charge < -0.3 is 42.7 Å². The van der Waals surface area contributed by atoms with E-state index in [0.29, 0.717) is 24.9 Å². The number of carboxylic acid groups (broad SMARTS) is 2. The van der Waals surface area contributed by atoms with Crippen LogP contribution in [-0.4, -0.2) is 75.7 Å². The zero-order valence-electron chi connectivity index (χ0n) is 21.7. The summed E-state index contributed by atoms with van der Waals surface area (Å²) >= 11 is 0. The molecule has 0 aromatic heterocycles. The fourth-order valence-electron chi connectivity index (χ4n) is 3.57. The van der Waals surface area contributed by atoms with Gasteiger partial charge >= 0.3 is 11.9 Å². The van der Waals surface area contributed by atoms with E-state index in [4.69, 9.17) is 16.6 Å². The molecule has 13 heteroatoms. The molecule has 0 fully saturated rings. The van der Waals surface area contributed by atoms with Crippen molar-refractivity contribution in [3.05, 3.63) is 29.8 Å². The van der Waals surface area contributed by atoms with E-state index >= 15 is 0 Å². The first-order valence-corrected chi connectivity index (χ1v) is 12.4. The summed E-state index contributed by atoms with van der Waals surface area (Å²) in [5.41, 5.74) is 11.8. The fourth-order valence-corrected chi connectivity index (χ4v) is 3.57. The van der Waals surface area contributed by atoms with Crippen LogP contribution in [0.2, 0.25) is 0 Å². The lowest BCUT2D eigenvalue weighted by Gasteiger charge is -2.27. The Kier molecular flexibility index (Phi) is 13.8. The number of nitrogens with one attached hydrogen (secondary N) is 3. The number of hydrogen-bond acceptors (Lipinski definition) is 8. The van der Waals surface area contributed by atoms with Crippen LogP contribution < -0.4 is 27.4 Å². The summed E-state index contributed by atoms with van der Waals surface area (Å²) in [6.07, 6.45) is 0.739. The number of carbonyl (C=O) groups excluding carboxylic acids is 3. The number of nitrogens with two attached hydrogens (primary N) is 2. The van der Waals surface area contributed by atoms with Gasteiger partial charge in [0.1, 0.15) is 23.9 Å². The molecule has 1 rings (SSSR count). The highest BCUT2D eigenvalue weighted by molar-refractivity contribution is 5.94. The quantitative estimate of drug-likeness (QED) is 0.118. The number of aromatic hydroxyl groups is 1. The molecule has 0 aliphatic rings. The first kappa shape index (κ1) is 32.3. The summed E-state index contributed by atoms with van der Waals surface area (Å²) in [6, 6.07) is 1.28. The topological polar surface area (TPSA) is 234 Å². The third-order valence-corrected chi connectivity index (χ3v) is 5.82. The Bertz CT molecular complexity index is 954. The van der Waals surface area contributed by atoms with Crippen molar-refractivity contribution >= 4 is 29.7 Å². The standard InChI is InChI=1S/C25H39N5O8/c1-14(2)21(30-22(34)17(27)10-11-20(32)33)24(36)29-19(13-15-6-8-16(31)9-7-15)23(35)28-18(25(37)38)5-3-4-12-26/h6-9,14,17-19,21,31H,3-5,10-13,26-27H2,1-2H3,(H,28,35)(H,29,36)(H,30,34)(H,32,33)(H,37,38)/t17-,18-,19-,21-/m0/s1. The first-order chi connectivity index (χ1) is 17.8. The van der Waals surface area contributed by atoms with E-state index in [1.807, 2.05) is 0 Å². The van der Waals surface area contributed by atoms with Crippen LogP contribution in [0.15, 0.2) is 24.3 Å². The van der Waals surface area contributed by atoms with Gasteiger partial charge in [0.05, 0.1) is 6.04 Å². The molecule has 1 aromatic rings. The summed E-state index contributed by atoms with van der Waals surface area (Å²) in [6.45, 7) is 3.71. The maximum atomic E-state index is 13.2. The number of hydrogen-bond donors (Lipinski definition) is 8. The Morgan fingerprint density at radius 1 is 0.842 bits per heavy atom. The fraction of sp³-hybridized carbons (Fsp3) is 0.560. The molecule has 10 N–H and O–H groups in total. The zero-order chi connectivity index (χ0) is 28.8. The summed E-state index contributed by atoms with van der Waals surface area (Å²) in [7, 11) is 0. The first-order valence-electron chi connectivity index (χ1n) is 12.4. The lowest BCUT2D eigenvalue weighted by Crippen LogP contribution is -2.58. The molecule has 0 aliphatic heterocycles. The third-order valence-electron chi connectivity index (χ3n) is 5.82. The summed E-state index contributed by atoms with van der Waals surface area (Å²) in [5, 5.41) is 35.5. The molecule has 13 nitrogen and oxygen atoms in total. The van der Waals surface area contributed by atoms with Gasteiger partial charge in [-0.1, -0.05) is 26.0 Å². The summed E-state index contributed by atoms with van der Waals surface area (Å²) < 4.78 is 0. The highest BCUT2D eigenvalue weighted by atomic mass is 16.4. The van der Waals surface area contributed by atoms with Crippen LogP contribution in [0.25, 0.3) is 0 Å². The van der Waals surface area contributed by atoms with Crippen molar-refractivity contribution in [3.8, 4) is 5.75 Å². The maximum Gasteiger partial charge on any atom is 0.326 e. The largest absolute Gasteiger partial charge is 0.508 e. The molecule has 3 amide bonds. The van der Waals surface area contributed by atoms with Crippen LogP contribution in [0.5, 0.6) is 5.75 Å². The van der Waals surface area contributed by atoms with Crippen molar-refractivity contribution in [1.82, 2.24) is 16.0 Å². The van der Waals surface area contributed by atoms with Crippen molar-refractivity contribution in [1.29, 1.82) is 0 Å². The molecular formula is C25H39N5O8. The number of phenolic OH excluding ortho intramolecular Hbond substituents is 1. The van der Waals surface area contributed by atoms with E-state index in [0.717, 1.165) is 0 Å². The highest BCUT2D eigenvalue weighted by Crippen LogP contribution is 2.13. The molecule has 0 heterocycles. The smallest absolute Gasteiger partial charge is 0.326 e. The van der Waals surface area contributed by atoms with Gasteiger partial charge in [-0.25, -0.2) is 4.79 Å². The molecule has 212 valence electrons. The predicted octanol–water partition coefficient (Wildman–Crippen LogP) is -0.549. The second kappa shape index (κ2) is 16.2. The number of benzene rings is 1. The van der Waals surface area contributed by atoms with Gasteiger partial charge in [-0.05, 0) is 55.8 Å².